The van der Waals surface area contributed by atoms with Crippen molar-refractivity contribution in [3.63, 3.8) is 0 Å². The molecule has 0 unspecified atom stereocenters. The third-order valence-electron chi connectivity index (χ3n) is 2.33. The minimum absolute atomic E-state index is 0.0894. The molecule has 0 radical (unpaired) electrons. The molecule has 1 aromatic rings. The molecule has 0 aromatic carbocycles. The molecule has 0 saturated heterocycles. The van der Waals surface area contributed by atoms with Crippen LogP contribution in [0.15, 0.2) is 5.03 Å². The molecular formula is C10H8N2OS. The Morgan fingerprint density at radius 2 is 2.21 bits per heavy atom. The molecule has 14 heavy (non-hydrogen) atoms. The summed E-state index contributed by atoms with van der Waals surface area (Å²) in [5.41, 5.74) is 2.69. The first-order chi connectivity index (χ1) is 6.65. The lowest BCUT2D eigenvalue weighted by molar-refractivity contribution is 0.102. The van der Waals surface area contributed by atoms with E-state index in [0.717, 1.165) is 10.6 Å². The lowest BCUT2D eigenvalue weighted by Gasteiger charge is -2.05. The number of hydrogen-bond acceptors (Lipinski definition) is 4. The third kappa shape index (κ3) is 1.13. The lowest BCUT2D eigenvalue weighted by Crippen LogP contribution is -2.03. The van der Waals surface area contributed by atoms with Gasteiger partial charge in [0.2, 0.25) is 0 Å². The number of aromatic nitrogens is 1. The fraction of sp³-hybridized carbons (Fsp3) is 0.300. The molecule has 1 aliphatic heterocycles. The molecule has 0 spiro atoms. The van der Waals surface area contributed by atoms with E-state index in [1.54, 1.807) is 6.92 Å². The second kappa shape index (κ2) is 3.10. The summed E-state index contributed by atoms with van der Waals surface area (Å²) in [5, 5.41) is 9.69. The van der Waals surface area contributed by atoms with Gasteiger partial charge in [0.15, 0.2) is 5.78 Å². The Balaban J connectivity index is 2.78. The van der Waals surface area contributed by atoms with E-state index >= 15 is 0 Å². The van der Waals surface area contributed by atoms with Gasteiger partial charge in [-0.15, -0.1) is 0 Å². The Morgan fingerprint density at radius 1 is 1.50 bits per heavy atom. The maximum atomic E-state index is 11.5. The second-order valence-corrected chi connectivity index (χ2v) is 4.17. The maximum absolute atomic E-state index is 11.5. The first kappa shape index (κ1) is 9.22. The number of nitrogens with zero attached hydrogens (tertiary/aromatic N) is 2. The van der Waals surface area contributed by atoms with E-state index in [-0.39, 0.29) is 5.78 Å². The van der Waals surface area contributed by atoms with Gasteiger partial charge in [-0.1, -0.05) is 11.8 Å². The van der Waals surface area contributed by atoms with E-state index in [9.17, 15) is 4.79 Å². The van der Waals surface area contributed by atoms with E-state index in [1.807, 2.05) is 6.92 Å². The van der Waals surface area contributed by atoms with Gasteiger partial charge >= 0.3 is 0 Å². The van der Waals surface area contributed by atoms with E-state index in [1.165, 1.54) is 11.8 Å². The predicted molar refractivity (Wildman–Crippen MR) is 53.5 cm³/mol. The normalized spacial score (nSPS) is 13.9. The van der Waals surface area contributed by atoms with E-state index in [4.69, 9.17) is 5.26 Å². The molecule has 1 aromatic heterocycles. The van der Waals surface area contributed by atoms with Crippen molar-refractivity contribution in [1.82, 2.24) is 4.98 Å². The number of carbonyl (C=O) groups is 1. The molecule has 0 atom stereocenters. The monoisotopic (exact) mass is 204 g/mol. The molecule has 2 heterocycles. The first-order valence-corrected chi connectivity index (χ1v) is 5.21. The van der Waals surface area contributed by atoms with Crippen LogP contribution in [0, 0.1) is 25.2 Å². The number of pyridine rings is 1. The quantitative estimate of drug-likeness (QED) is 0.647. The average molecular weight is 204 g/mol. The Morgan fingerprint density at radius 3 is 2.86 bits per heavy atom. The van der Waals surface area contributed by atoms with Gasteiger partial charge < -0.3 is 0 Å². The number of hydrogen-bond donors (Lipinski definition) is 0. The van der Waals surface area contributed by atoms with Crippen molar-refractivity contribution in [2.24, 2.45) is 0 Å². The predicted octanol–water partition coefficient (Wildman–Crippen LogP) is 1.86. The van der Waals surface area contributed by atoms with E-state index in [2.05, 4.69) is 11.1 Å². The van der Waals surface area contributed by atoms with Crippen LogP contribution in [0.4, 0.5) is 0 Å². The molecule has 0 aliphatic carbocycles. The van der Waals surface area contributed by atoms with Crippen molar-refractivity contribution in [1.29, 1.82) is 5.26 Å². The van der Waals surface area contributed by atoms with Crippen molar-refractivity contribution in [2.75, 3.05) is 5.75 Å². The van der Waals surface area contributed by atoms with Crippen molar-refractivity contribution in [2.45, 2.75) is 18.9 Å². The van der Waals surface area contributed by atoms with Gasteiger partial charge in [-0.2, -0.15) is 5.26 Å². The molecule has 2 rings (SSSR count). The highest BCUT2D eigenvalue weighted by atomic mass is 32.2. The van der Waals surface area contributed by atoms with Gasteiger partial charge in [0.1, 0.15) is 11.1 Å². The number of rotatable bonds is 0. The molecule has 70 valence electrons. The molecule has 3 nitrogen and oxygen atoms in total. The maximum Gasteiger partial charge on any atom is 0.176 e. The minimum atomic E-state index is 0.0894. The molecule has 1 aliphatic rings. The average Bonchev–Trinajstić information content (AvgIpc) is 2.48. The van der Waals surface area contributed by atoms with Crippen LogP contribution in [0.1, 0.15) is 27.2 Å². The van der Waals surface area contributed by atoms with Gasteiger partial charge in [0.05, 0.1) is 22.6 Å². The van der Waals surface area contributed by atoms with Crippen LogP contribution in [0.5, 0.6) is 0 Å². The molecule has 0 amide bonds. The molecule has 4 heteroatoms. The Hall–Kier alpha value is -1.34. The highest BCUT2D eigenvalue weighted by Gasteiger charge is 2.26. The number of fused-ring (bicyclic) bond motifs is 1. The standard InChI is InChI=1S/C10H8N2OS/c1-5-7(3-11)6(2)12-10-9(5)8(13)4-14-10/h4H2,1-2H3. The highest BCUT2D eigenvalue weighted by Crippen LogP contribution is 2.33. The van der Waals surface area contributed by atoms with Gasteiger partial charge in [-0.3, -0.25) is 4.79 Å². The van der Waals surface area contributed by atoms with Crippen LogP contribution in [-0.4, -0.2) is 16.5 Å². The van der Waals surface area contributed by atoms with Gasteiger partial charge in [0.25, 0.3) is 0 Å². The highest BCUT2D eigenvalue weighted by molar-refractivity contribution is 8.00. The fourth-order valence-electron chi connectivity index (χ4n) is 1.62. The smallest absolute Gasteiger partial charge is 0.176 e. The zero-order valence-electron chi connectivity index (χ0n) is 7.92. The largest absolute Gasteiger partial charge is 0.293 e. The number of thioether (sulfide) groups is 1. The molecular weight excluding hydrogens is 196 g/mol. The topological polar surface area (TPSA) is 53.8 Å². The van der Waals surface area contributed by atoms with E-state index in [0.29, 0.717) is 22.6 Å². The third-order valence-corrected chi connectivity index (χ3v) is 3.30. The fourth-order valence-corrected chi connectivity index (χ4v) is 2.65. The Bertz CT molecular complexity index is 474. The number of ketones is 1. The van der Waals surface area contributed by atoms with Gasteiger partial charge in [-0.25, -0.2) is 4.98 Å². The molecule has 0 bridgehead atoms. The summed E-state index contributed by atoms with van der Waals surface area (Å²) in [7, 11) is 0. The van der Waals surface area contributed by atoms with Crippen molar-refractivity contribution < 1.29 is 4.79 Å². The van der Waals surface area contributed by atoms with Crippen molar-refractivity contribution in [3.05, 3.63) is 22.4 Å². The SMILES string of the molecule is Cc1nc2c(c(C)c1C#N)C(=O)CS2. The Labute approximate surface area is 86.1 Å². The van der Waals surface area contributed by atoms with Crippen LogP contribution in [-0.2, 0) is 0 Å². The summed E-state index contributed by atoms with van der Waals surface area (Å²) in [6, 6.07) is 2.09. The lowest BCUT2D eigenvalue weighted by atomic mass is 10.0. The zero-order chi connectivity index (χ0) is 10.3. The van der Waals surface area contributed by atoms with Crippen molar-refractivity contribution >= 4 is 17.5 Å². The van der Waals surface area contributed by atoms with Crippen molar-refractivity contribution in [3.8, 4) is 6.07 Å². The number of Topliss-reactive ketones (excluding diaryl/α,β-unsaturated/α-hetero) is 1. The summed E-state index contributed by atoms with van der Waals surface area (Å²) in [4.78, 5) is 15.8. The number of nitriles is 1. The number of carbonyl (C=O) groups excluding carboxylic acids is 1. The summed E-state index contributed by atoms with van der Waals surface area (Å²) in [5.74, 6) is 0.545. The van der Waals surface area contributed by atoms with Crippen LogP contribution < -0.4 is 0 Å². The van der Waals surface area contributed by atoms with Gasteiger partial charge in [0, 0.05) is 0 Å². The minimum Gasteiger partial charge on any atom is -0.293 e. The van der Waals surface area contributed by atoms with Crippen LogP contribution in [0.25, 0.3) is 0 Å². The Kier molecular flexibility index (Phi) is 2.05. The zero-order valence-corrected chi connectivity index (χ0v) is 8.73. The summed E-state index contributed by atoms with van der Waals surface area (Å²) in [6.45, 7) is 3.62. The number of aryl methyl sites for hydroxylation is 1. The van der Waals surface area contributed by atoms with Crippen LogP contribution in [0.2, 0.25) is 0 Å². The van der Waals surface area contributed by atoms with Crippen LogP contribution in [0.3, 0.4) is 0 Å². The summed E-state index contributed by atoms with van der Waals surface area (Å²) >= 11 is 1.45. The van der Waals surface area contributed by atoms with Gasteiger partial charge in [-0.05, 0) is 19.4 Å². The first-order valence-electron chi connectivity index (χ1n) is 4.22. The second-order valence-electron chi connectivity index (χ2n) is 3.20. The molecule has 0 fully saturated rings. The molecule has 0 N–H and O–H groups in total. The van der Waals surface area contributed by atoms with Crippen LogP contribution >= 0.6 is 11.8 Å². The van der Waals surface area contributed by atoms with E-state index < -0.39 is 0 Å². The molecule has 0 saturated carbocycles. The summed E-state index contributed by atoms with van der Waals surface area (Å²) < 4.78 is 0. The summed E-state index contributed by atoms with van der Waals surface area (Å²) in [6.07, 6.45) is 0.